The van der Waals surface area contributed by atoms with E-state index in [1.54, 1.807) is 7.11 Å². The van der Waals surface area contributed by atoms with Gasteiger partial charge in [0.25, 0.3) is 0 Å². The Bertz CT molecular complexity index is 718. The van der Waals surface area contributed by atoms with Crippen molar-refractivity contribution in [2.45, 2.75) is 6.54 Å². The topological polar surface area (TPSA) is 52.5 Å². The third-order valence-corrected chi connectivity index (χ3v) is 3.15. The van der Waals surface area contributed by atoms with E-state index in [0.29, 0.717) is 6.54 Å². The van der Waals surface area contributed by atoms with Gasteiger partial charge in [0.05, 0.1) is 18.3 Å². The van der Waals surface area contributed by atoms with Gasteiger partial charge in [-0.15, -0.1) is 0 Å². The molecule has 19 heavy (non-hydrogen) atoms. The van der Waals surface area contributed by atoms with Gasteiger partial charge in [0.1, 0.15) is 11.6 Å². The van der Waals surface area contributed by atoms with Crippen molar-refractivity contribution in [2.75, 3.05) is 7.11 Å². The molecular weight excluding hydrogens is 238 g/mol. The molecule has 0 atom stereocenters. The first-order valence-corrected chi connectivity index (χ1v) is 6.14. The summed E-state index contributed by atoms with van der Waals surface area (Å²) in [6.45, 7) is 0.428. The largest absolute Gasteiger partial charge is 0.497 e. The van der Waals surface area contributed by atoms with Crippen LogP contribution in [0.5, 0.6) is 5.75 Å². The maximum absolute atomic E-state index is 5.76. The van der Waals surface area contributed by atoms with Gasteiger partial charge in [-0.05, 0) is 24.3 Å². The Balaban J connectivity index is 2.24. The second kappa shape index (κ2) is 4.74. The van der Waals surface area contributed by atoms with E-state index in [0.717, 1.165) is 28.3 Å². The maximum Gasteiger partial charge on any atom is 0.145 e. The summed E-state index contributed by atoms with van der Waals surface area (Å²) in [6.07, 6.45) is 2.00. The van der Waals surface area contributed by atoms with Crippen LogP contribution < -0.4 is 10.5 Å². The lowest BCUT2D eigenvalue weighted by Gasteiger charge is -2.03. The molecule has 3 rings (SSSR count). The molecule has 0 saturated carbocycles. The molecule has 0 radical (unpaired) electrons. The van der Waals surface area contributed by atoms with E-state index in [2.05, 4.69) is 9.38 Å². The molecular formula is C15H15N3O. The van der Waals surface area contributed by atoms with E-state index in [1.165, 1.54) is 0 Å². The van der Waals surface area contributed by atoms with Crippen LogP contribution in [0.3, 0.4) is 0 Å². The first-order valence-electron chi connectivity index (χ1n) is 6.14. The number of nitrogens with two attached hydrogens (primary N) is 1. The molecule has 0 spiro atoms. The van der Waals surface area contributed by atoms with Gasteiger partial charge in [-0.25, -0.2) is 4.98 Å². The fourth-order valence-corrected chi connectivity index (χ4v) is 2.22. The van der Waals surface area contributed by atoms with E-state index >= 15 is 0 Å². The zero-order valence-electron chi connectivity index (χ0n) is 10.7. The van der Waals surface area contributed by atoms with E-state index < -0.39 is 0 Å². The van der Waals surface area contributed by atoms with Crippen molar-refractivity contribution in [1.29, 1.82) is 0 Å². The molecule has 3 aromatic rings. The first kappa shape index (κ1) is 11.7. The van der Waals surface area contributed by atoms with Crippen molar-refractivity contribution in [3.05, 3.63) is 54.4 Å². The van der Waals surface area contributed by atoms with Crippen LogP contribution in [0.2, 0.25) is 0 Å². The third kappa shape index (κ3) is 1.96. The number of rotatable bonds is 3. The first-order chi connectivity index (χ1) is 9.33. The molecule has 0 aliphatic heterocycles. The standard InChI is InChI=1S/C15H15N3O/c1-19-12-6-4-5-11(9-12)15-17-13(10-16)14-7-2-3-8-18(14)15/h2-9H,10,16H2,1H3. The average molecular weight is 253 g/mol. The zero-order valence-corrected chi connectivity index (χ0v) is 10.7. The highest BCUT2D eigenvalue weighted by atomic mass is 16.5. The minimum atomic E-state index is 0.428. The van der Waals surface area contributed by atoms with Gasteiger partial charge >= 0.3 is 0 Å². The van der Waals surface area contributed by atoms with Crippen molar-refractivity contribution in [3.63, 3.8) is 0 Å². The summed E-state index contributed by atoms with van der Waals surface area (Å²) in [7, 11) is 1.66. The van der Waals surface area contributed by atoms with Crippen LogP contribution in [0.25, 0.3) is 16.9 Å². The number of benzene rings is 1. The highest BCUT2D eigenvalue weighted by Gasteiger charge is 2.11. The predicted octanol–water partition coefficient (Wildman–Crippen LogP) is 2.47. The lowest BCUT2D eigenvalue weighted by Crippen LogP contribution is -1.96. The van der Waals surface area contributed by atoms with Crippen LogP contribution in [0.1, 0.15) is 5.69 Å². The SMILES string of the molecule is COc1cccc(-c2nc(CN)c3ccccn23)c1. The number of fused-ring (bicyclic) bond motifs is 1. The molecule has 4 nitrogen and oxygen atoms in total. The molecule has 2 N–H and O–H groups in total. The monoisotopic (exact) mass is 253 g/mol. The average Bonchev–Trinajstić information content (AvgIpc) is 2.86. The second-order valence-corrected chi connectivity index (χ2v) is 4.27. The van der Waals surface area contributed by atoms with Crippen LogP contribution in [0.4, 0.5) is 0 Å². The minimum absolute atomic E-state index is 0.428. The quantitative estimate of drug-likeness (QED) is 0.780. The van der Waals surface area contributed by atoms with Gasteiger partial charge in [0.15, 0.2) is 0 Å². The Hall–Kier alpha value is -2.33. The summed E-state index contributed by atoms with van der Waals surface area (Å²) in [5.41, 5.74) is 8.72. The normalized spacial score (nSPS) is 10.8. The summed E-state index contributed by atoms with van der Waals surface area (Å²) in [6, 6.07) is 13.9. The molecule has 0 unspecified atom stereocenters. The van der Waals surface area contributed by atoms with Crippen molar-refractivity contribution in [3.8, 4) is 17.1 Å². The number of hydrogen-bond acceptors (Lipinski definition) is 3. The van der Waals surface area contributed by atoms with E-state index in [-0.39, 0.29) is 0 Å². The molecule has 2 aromatic heterocycles. The van der Waals surface area contributed by atoms with Crippen molar-refractivity contribution in [1.82, 2.24) is 9.38 Å². The second-order valence-electron chi connectivity index (χ2n) is 4.27. The van der Waals surface area contributed by atoms with Crippen molar-refractivity contribution >= 4 is 5.52 Å². The predicted molar refractivity (Wildman–Crippen MR) is 75.1 cm³/mol. The molecule has 1 aromatic carbocycles. The lowest BCUT2D eigenvalue weighted by molar-refractivity contribution is 0.415. The number of nitrogens with zero attached hydrogens (tertiary/aromatic N) is 2. The van der Waals surface area contributed by atoms with Gasteiger partial charge in [0, 0.05) is 18.3 Å². The molecule has 0 saturated heterocycles. The Morgan fingerprint density at radius 3 is 2.89 bits per heavy atom. The summed E-state index contributed by atoms with van der Waals surface area (Å²) >= 11 is 0. The summed E-state index contributed by atoms with van der Waals surface area (Å²) in [5.74, 6) is 1.70. The molecule has 0 fully saturated rings. The van der Waals surface area contributed by atoms with E-state index in [9.17, 15) is 0 Å². The number of hydrogen-bond donors (Lipinski definition) is 1. The highest BCUT2D eigenvalue weighted by Crippen LogP contribution is 2.25. The van der Waals surface area contributed by atoms with Gasteiger partial charge < -0.3 is 10.5 Å². The van der Waals surface area contributed by atoms with Crippen LogP contribution in [-0.2, 0) is 6.54 Å². The van der Waals surface area contributed by atoms with Gasteiger partial charge in [0.2, 0.25) is 0 Å². The van der Waals surface area contributed by atoms with E-state index in [4.69, 9.17) is 10.5 Å². The van der Waals surface area contributed by atoms with Crippen LogP contribution in [0.15, 0.2) is 48.7 Å². The number of ether oxygens (including phenoxy) is 1. The Kier molecular flexibility index (Phi) is 2.93. The van der Waals surface area contributed by atoms with Gasteiger partial charge in [-0.1, -0.05) is 18.2 Å². The van der Waals surface area contributed by atoms with Crippen molar-refractivity contribution < 1.29 is 4.74 Å². The Morgan fingerprint density at radius 1 is 1.21 bits per heavy atom. The molecule has 0 amide bonds. The maximum atomic E-state index is 5.76. The molecule has 4 heteroatoms. The van der Waals surface area contributed by atoms with Gasteiger partial charge in [-0.2, -0.15) is 0 Å². The summed E-state index contributed by atoms with van der Waals surface area (Å²) < 4.78 is 7.31. The number of methoxy groups -OCH3 is 1. The van der Waals surface area contributed by atoms with E-state index in [1.807, 2.05) is 48.7 Å². The fourth-order valence-electron chi connectivity index (χ4n) is 2.22. The Labute approximate surface area is 111 Å². The lowest BCUT2D eigenvalue weighted by atomic mass is 10.2. The minimum Gasteiger partial charge on any atom is -0.497 e. The number of pyridine rings is 1. The van der Waals surface area contributed by atoms with Crippen molar-refractivity contribution in [2.24, 2.45) is 5.73 Å². The van der Waals surface area contributed by atoms with Gasteiger partial charge in [-0.3, -0.25) is 4.40 Å². The molecule has 0 aliphatic carbocycles. The summed E-state index contributed by atoms with van der Waals surface area (Å²) in [4.78, 5) is 4.64. The van der Waals surface area contributed by atoms with Crippen LogP contribution in [0, 0.1) is 0 Å². The molecule has 0 aliphatic rings. The third-order valence-electron chi connectivity index (χ3n) is 3.15. The smallest absolute Gasteiger partial charge is 0.145 e. The number of imidazole rings is 1. The Morgan fingerprint density at radius 2 is 2.11 bits per heavy atom. The molecule has 0 bridgehead atoms. The number of aromatic nitrogens is 2. The molecule has 2 heterocycles. The van der Waals surface area contributed by atoms with Crippen LogP contribution >= 0.6 is 0 Å². The fraction of sp³-hybridized carbons (Fsp3) is 0.133. The summed E-state index contributed by atoms with van der Waals surface area (Å²) in [5, 5.41) is 0. The molecule has 96 valence electrons. The zero-order chi connectivity index (χ0) is 13.2. The van der Waals surface area contributed by atoms with Crippen LogP contribution in [-0.4, -0.2) is 16.5 Å². The highest BCUT2D eigenvalue weighted by molar-refractivity contribution is 5.66.